The normalized spacial score (nSPS) is 15.0. The molecule has 1 aromatic heterocycles. The van der Waals surface area contributed by atoms with Crippen LogP contribution >= 0.6 is 11.3 Å². The lowest BCUT2D eigenvalue weighted by atomic mass is 9.99. The van der Waals surface area contributed by atoms with Crippen LogP contribution in [0.25, 0.3) is 0 Å². The van der Waals surface area contributed by atoms with Gasteiger partial charge in [-0.2, -0.15) is 0 Å². The van der Waals surface area contributed by atoms with Gasteiger partial charge in [0, 0.05) is 11.4 Å². The number of thiophene rings is 1. The Hall–Kier alpha value is -3.44. The topological polar surface area (TPSA) is 154 Å². The average molecular weight is 433 g/mol. The number of nitrogens with one attached hydrogen (secondary N) is 3. The Morgan fingerprint density at radius 1 is 1.17 bits per heavy atom. The van der Waals surface area contributed by atoms with Crippen LogP contribution < -0.4 is 16.0 Å². The highest BCUT2D eigenvalue weighted by molar-refractivity contribution is 7.17. The van der Waals surface area contributed by atoms with Crippen molar-refractivity contribution in [3.05, 3.63) is 51.9 Å². The Labute approximate surface area is 174 Å². The van der Waals surface area contributed by atoms with E-state index < -0.39 is 30.0 Å². The van der Waals surface area contributed by atoms with Crippen molar-refractivity contribution >= 4 is 40.3 Å². The van der Waals surface area contributed by atoms with E-state index in [1.54, 1.807) is 0 Å². The van der Waals surface area contributed by atoms with Crippen LogP contribution in [0, 0.1) is 0 Å². The van der Waals surface area contributed by atoms with Crippen LogP contribution in [0.3, 0.4) is 0 Å². The van der Waals surface area contributed by atoms with E-state index in [1.165, 1.54) is 0 Å². The fourth-order valence-corrected chi connectivity index (χ4v) is 4.38. The Bertz CT molecular complexity index is 974. The second-order valence-corrected chi connectivity index (χ2v) is 7.46. The van der Waals surface area contributed by atoms with Crippen LogP contribution in [-0.2, 0) is 27.4 Å². The molecule has 0 fully saturated rings. The number of carboxylic acid groups (broad SMARTS) is 2. The van der Waals surface area contributed by atoms with Crippen LogP contribution in [0.2, 0.25) is 0 Å². The fraction of sp³-hybridized carbons (Fsp3) is 0.263. The van der Waals surface area contributed by atoms with Crippen LogP contribution in [-0.4, -0.2) is 47.2 Å². The molecule has 0 bridgehead atoms. The first kappa shape index (κ1) is 21.3. The zero-order valence-corrected chi connectivity index (χ0v) is 16.5. The number of carbonyl (C=O) groups excluding carboxylic acids is 2. The van der Waals surface area contributed by atoms with Gasteiger partial charge in [-0.15, -0.1) is 11.3 Å². The minimum Gasteiger partial charge on any atom is -0.478 e. The van der Waals surface area contributed by atoms with E-state index in [0.717, 1.165) is 16.9 Å². The predicted molar refractivity (Wildman–Crippen MR) is 107 cm³/mol. The third-order valence-electron chi connectivity index (χ3n) is 4.42. The summed E-state index contributed by atoms with van der Waals surface area (Å²) in [5.74, 6) is -4.29. The average Bonchev–Trinajstić information content (AvgIpc) is 3.10. The molecule has 158 valence electrons. The first-order chi connectivity index (χ1) is 14.4. The molecular weight excluding hydrogens is 414 g/mol. The van der Waals surface area contributed by atoms with Crippen molar-refractivity contribution < 1.29 is 34.1 Å². The molecule has 1 unspecified atom stereocenters. The molecule has 1 aliphatic rings. The number of amides is 2. The summed E-state index contributed by atoms with van der Waals surface area (Å²) < 4.78 is 5.16. The van der Waals surface area contributed by atoms with Gasteiger partial charge >= 0.3 is 23.9 Å². The molecule has 0 aliphatic carbocycles. The van der Waals surface area contributed by atoms with Gasteiger partial charge < -0.3 is 30.9 Å². The van der Waals surface area contributed by atoms with Crippen LogP contribution in [0.1, 0.15) is 32.4 Å². The number of benzene rings is 1. The number of carboxylic acids is 2. The summed E-state index contributed by atoms with van der Waals surface area (Å²) in [6.45, 7) is 0.706. The largest absolute Gasteiger partial charge is 0.478 e. The highest BCUT2D eigenvalue weighted by Crippen LogP contribution is 2.39. The van der Waals surface area contributed by atoms with Gasteiger partial charge in [-0.3, -0.25) is 4.79 Å². The van der Waals surface area contributed by atoms with Gasteiger partial charge in [0.25, 0.3) is 0 Å². The van der Waals surface area contributed by atoms with Crippen molar-refractivity contribution in [2.75, 3.05) is 18.4 Å². The van der Waals surface area contributed by atoms with E-state index in [0.29, 0.717) is 23.4 Å². The van der Waals surface area contributed by atoms with E-state index in [9.17, 15) is 24.3 Å². The molecule has 0 radical (unpaired) electrons. The maximum absolute atomic E-state index is 12.0. The quantitative estimate of drug-likeness (QED) is 0.430. The van der Waals surface area contributed by atoms with E-state index in [-0.39, 0.29) is 23.7 Å². The first-order valence-electron chi connectivity index (χ1n) is 8.98. The molecule has 0 saturated carbocycles. The SMILES string of the molecule is O=C(NCC1NCCc2c1sc(NC(=O)C(=O)O)c2C(=O)O)OCc1ccccc1. The lowest BCUT2D eigenvalue weighted by Gasteiger charge is -2.24. The molecule has 30 heavy (non-hydrogen) atoms. The van der Waals surface area contributed by atoms with Crippen molar-refractivity contribution in [1.82, 2.24) is 10.6 Å². The Morgan fingerprint density at radius 3 is 2.57 bits per heavy atom. The Kier molecular flexibility index (Phi) is 6.65. The summed E-state index contributed by atoms with van der Waals surface area (Å²) in [7, 11) is 0. The fourth-order valence-electron chi connectivity index (χ4n) is 3.07. The number of anilines is 1. The molecule has 1 aliphatic heterocycles. The van der Waals surface area contributed by atoms with Gasteiger partial charge in [0.1, 0.15) is 11.6 Å². The lowest BCUT2D eigenvalue weighted by Crippen LogP contribution is -2.38. The maximum Gasteiger partial charge on any atom is 0.407 e. The molecule has 1 atom stereocenters. The number of alkyl carbamates (subject to hydrolysis) is 1. The van der Waals surface area contributed by atoms with Crippen molar-refractivity contribution in [3.63, 3.8) is 0 Å². The smallest absolute Gasteiger partial charge is 0.407 e. The summed E-state index contributed by atoms with van der Waals surface area (Å²) in [5.41, 5.74) is 1.23. The van der Waals surface area contributed by atoms with E-state index in [2.05, 4.69) is 16.0 Å². The zero-order valence-electron chi connectivity index (χ0n) is 15.6. The number of hydrogen-bond acceptors (Lipinski definition) is 7. The number of aliphatic carboxylic acids is 1. The highest BCUT2D eigenvalue weighted by atomic mass is 32.1. The Balaban J connectivity index is 1.68. The minimum atomic E-state index is -1.71. The van der Waals surface area contributed by atoms with Crippen molar-refractivity contribution in [2.45, 2.75) is 19.1 Å². The first-order valence-corrected chi connectivity index (χ1v) is 9.79. The molecular formula is C19H19N3O7S. The molecule has 2 aromatic rings. The van der Waals surface area contributed by atoms with Crippen molar-refractivity contribution in [3.8, 4) is 0 Å². The molecule has 2 heterocycles. The number of hydrogen-bond donors (Lipinski definition) is 5. The molecule has 0 saturated heterocycles. The number of ether oxygens (including phenoxy) is 1. The van der Waals surface area contributed by atoms with E-state index in [1.807, 2.05) is 30.3 Å². The molecule has 11 heteroatoms. The third kappa shape index (κ3) is 4.93. The van der Waals surface area contributed by atoms with Crippen molar-refractivity contribution in [1.29, 1.82) is 0 Å². The molecule has 2 amide bonds. The number of carbonyl (C=O) groups is 4. The van der Waals surface area contributed by atoms with Gasteiger partial charge in [-0.05, 0) is 24.1 Å². The predicted octanol–water partition coefficient (Wildman–Crippen LogP) is 1.58. The lowest BCUT2D eigenvalue weighted by molar-refractivity contribution is -0.147. The monoisotopic (exact) mass is 433 g/mol. The van der Waals surface area contributed by atoms with Crippen LogP contribution in [0.15, 0.2) is 30.3 Å². The van der Waals surface area contributed by atoms with Crippen molar-refractivity contribution in [2.24, 2.45) is 0 Å². The summed E-state index contributed by atoms with van der Waals surface area (Å²) in [6, 6.07) is 8.78. The van der Waals surface area contributed by atoms with Crippen LogP contribution in [0.5, 0.6) is 0 Å². The highest BCUT2D eigenvalue weighted by Gasteiger charge is 2.31. The summed E-state index contributed by atoms with van der Waals surface area (Å²) in [5, 5.41) is 26.2. The summed E-state index contributed by atoms with van der Waals surface area (Å²) in [6.07, 6.45) is -0.229. The number of fused-ring (bicyclic) bond motifs is 1. The van der Waals surface area contributed by atoms with Gasteiger partial charge in [-0.25, -0.2) is 14.4 Å². The molecule has 5 N–H and O–H groups in total. The molecule has 3 rings (SSSR count). The molecule has 1 aromatic carbocycles. The van der Waals surface area contributed by atoms with Gasteiger partial charge in [0.2, 0.25) is 0 Å². The number of rotatable bonds is 6. The van der Waals surface area contributed by atoms with Crippen LogP contribution in [0.4, 0.5) is 9.80 Å². The maximum atomic E-state index is 12.0. The zero-order chi connectivity index (χ0) is 21.7. The van der Waals surface area contributed by atoms with Gasteiger partial charge in [-0.1, -0.05) is 30.3 Å². The molecule has 10 nitrogen and oxygen atoms in total. The minimum absolute atomic E-state index is 0.0414. The van der Waals surface area contributed by atoms with Gasteiger partial charge in [0.05, 0.1) is 11.6 Å². The molecule has 0 spiro atoms. The van der Waals surface area contributed by atoms with Gasteiger partial charge in [0.15, 0.2) is 0 Å². The summed E-state index contributed by atoms with van der Waals surface area (Å²) in [4.78, 5) is 46.6. The number of aromatic carboxylic acids is 1. The third-order valence-corrected chi connectivity index (χ3v) is 5.68. The van der Waals surface area contributed by atoms with E-state index >= 15 is 0 Å². The second kappa shape index (κ2) is 9.37. The standard InChI is InChI=1S/C19H19N3O7S/c23-15(18(26)27)22-16-13(17(24)25)11-6-7-20-12(14(11)30-16)8-21-19(28)29-9-10-4-2-1-3-5-10/h1-5,12,20H,6-9H2,(H,21,28)(H,22,23)(H,24,25)(H,26,27). The van der Waals surface area contributed by atoms with E-state index in [4.69, 9.17) is 9.84 Å². The Morgan fingerprint density at radius 2 is 1.90 bits per heavy atom. The second-order valence-electron chi connectivity index (χ2n) is 6.41. The summed E-state index contributed by atoms with van der Waals surface area (Å²) >= 11 is 0.975.